The van der Waals surface area contributed by atoms with Crippen molar-refractivity contribution < 1.29 is 9.84 Å². The molecule has 1 aromatic carbocycles. The second kappa shape index (κ2) is 8.09. The van der Waals surface area contributed by atoms with Crippen molar-refractivity contribution in [2.24, 2.45) is 0 Å². The molecule has 17 heavy (non-hydrogen) atoms. The Morgan fingerprint density at radius 3 is 2.76 bits per heavy atom. The third kappa shape index (κ3) is 5.71. The molecule has 0 amide bonds. The molecule has 0 saturated heterocycles. The van der Waals surface area contributed by atoms with Gasteiger partial charge in [-0.25, -0.2) is 0 Å². The zero-order valence-corrected chi connectivity index (χ0v) is 10.9. The summed E-state index contributed by atoms with van der Waals surface area (Å²) in [6.45, 7) is 7.99. The summed E-state index contributed by atoms with van der Waals surface area (Å²) in [4.78, 5) is 2.28. The highest BCUT2D eigenvalue weighted by Gasteiger charge is 2.02. The molecule has 0 unspecified atom stereocenters. The average Bonchev–Trinajstić information content (AvgIpc) is 2.33. The van der Waals surface area contributed by atoms with Gasteiger partial charge >= 0.3 is 0 Å². The highest BCUT2D eigenvalue weighted by atomic mass is 16.5. The van der Waals surface area contributed by atoms with Crippen LogP contribution in [0, 0.1) is 6.92 Å². The van der Waals surface area contributed by atoms with Gasteiger partial charge in [-0.2, -0.15) is 0 Å². The summed E-state index contributed by atoms with van der Waals surface area (Å²) in [5, 5.41) is 8.79. The first-order valence-corrected chi connectivity index (χ1v) is 6.29. The average molecular weight is 237 g/mol. The second-order valence-corrected chi connectivity index (χ2v) is 4.18. The van der Waals surface area contributed by atoms with Gasteiger partial charge in [0.2, 0.25) is 0 Å². The Balaban J connectivity index is 2.26. The van der Waals surface area contributed by atoms with E-state index in [9.17, 15) is 0 Å². The van der Waals surface area contributed by atoms with Crippen molar-refractivity contribution in [3.05, 3.63) is 29.8 Å². The summed E-state index contributed by atoms with van der Waals surface area (Å²) in [5.74, 6) is 0.934. The summed E-state index contributed by atoms with van der Waals surface area (Å²) < 4.78 is 5.69. The van der Waals surface area contributed by atoms with Gasteiger partial charge in [-0.3, -0.25) is 0 Å². The molecule has 0 aliphatic carbocycles. The predicted molar refractivity (Wildman–Crippen MR) is 70.5 cm³/mol. The smallest absolute Gasteiger partial charge is 0.119 e. The molecular weight excluding hydrogens is 214 g/mol. The number of aliphatic hydroxyl groups excluding tert-OH is 1. The first-order chi connectivity index (χ1) is 8.26. The van der Waals surface area contributed by atoms with Crippen LogP contribution in [0.15, 0.2) is 24.3 Å². The number of nitrogens with zero attached hydrogens (tertiary/aromatic N) is 1. The lowest BCUT2D eigenvalue weighted by Gasteiger charge is -2.19. The molecule has 96 valence electrons. The number of hydrogen-bond donors (Lipinski definition) is 1. The maximum Gasteiger partial charge on any atom is 0.119 e. The van der Waals surface area contributed by atoms with E-state index in [1.807, 2.05) is 18.2 Å². The second-order valence-electron chi connectivity index (χ2n) is 4.18. The van der Waals surface area contributed by atoms with Crippen LogP contribution in [-0.2, 0) is 0 Å². The van der Waals surface area contributed by atoms with E-state index in [-0.39, 0.29) is 6.61 Å². The van der Waals surface area contributed by atoms with Crippen LogP contribution >= 0.6 is 0 Å². The number of rotatable bonds is 8. The van der Waals surface area contributed by atoms with Gasteiger partial charge in [0.15, 0.2) is 0 Å². The first-order valence-electron chi connectivity index (χ1n) is 6.29. The third-order valence-electron chi connectivity index (χ3n) is 2.75. The Bertz CT molecular complexity index is 315. The maximum atomic E-state index is 8.79. The van der Waals surface area contributed by atoms with E-state index in [0.717, 1.165) is 31.8 Å². The summed E-state index contributed by atoms with van der Waals surface area (Å²) >= 11 is 0. The Hall–Kier alpha value is -1.06. The molecule has 0 atom stereocenters. The molecule has 1 aromatic rings. The zero-order chi connectivity index (χ0) is 12.5. The SMILES string of the molecule is CCN(CCCO)CCOc1cccc(C)c1. The minimum atomic E-state index is 0.259. The molecule has 0 spiro atoms. The predicted octanol–water partition coefficient (Wildman–Crippen LogP) is 2.08. The third-order valence-corrected chi connectivity index (χ3v) is 2.75. The van der Waals surface area contributed by atoms with Crippen molar-refractivity contribution in [3.63, 3.8) is 0 Å². The topological polar surface area (TPSA) is 32.7 Å². The number of likely N-dealkylation sites (N-methyl/N-ethyl adjacent to an activating group) is 1. The van der Waals surface area contributed by atoms with Gasteiger partial charge in [0.25, 0.3) is 0 Å². The molecule has 0 fully saturated rings. The number of hydrogen-bond acceptors (Lipinski definition) is 3. The molecule has 0 saturated carbocycles. The van der Waals surface area contributed by atoms with Gasteiger partial charge in [0.05, 0.1) is 0 Å². The minimum Gasteiger partial charge on any atom is -0.492 e. The lowest BCUT2D eigenvalue weighted by molar-refractivity contribution is 0.195. The Kier molecular flexibility index (Phi) is 6.67. The van der Waals surface area contributed by atoms with Crippen LogP contribution in [0.2, 0.25) is 0 Å². The van der Waals surface area contributed by atoms with Crippen molar-refractivity contribution >= 4 is 0 Å². The van der Waals surface area contributed by atoms with Crippen molar-refractivity contribution in [1.82, 2.24) is 4.90 Å². The Morgan fingerprint density at radius 2 is 2.12 bits per heavy atom. The van der Waals surface area contributed by atoms with Gasteiger partial charge in [0, 0.05) is 19.7 Å². The number of benzene rings is 1. The largest absolute Gasteiger partial charge is 0.492 e. The maximum absolute atomic E-state index is 8.79. The van der Waals surface area contributed by atoms with Crippen LogP contribution in [0.3, 0.4) is 0 Å². The van der Waals surface area contributed by atoms with E-state index >= 15 is 0 Å². The molecule has 1 N–H and O–H groups in total. The molecule has 3 heteroatoms. The normalized spacial score (nSPS) is 10.8. The molecule has 0 bridgehead atoms. The van der Waals surface area contributed by atoms with E-state index in [4.69, 9.17) is 9.84 Å². The van der Waals surface area contributed by atoms with Gasteiger partial charge in [-0.05, 0) is 37.6 Å². The van der Waals surface area contributed by atoms with Crippen LogP contribution < -0.4 is 4.74 Å². The van der Waals surface area contributed by atoms with E-state index in [0.29, 0.717) is 6.61 Å². The van der Waals surface area contributed by atoms with E-state index < -0.39 is 0 Å². The van der Waals surface area contributed by atoms with Crippen LogP contribution in [0.25, 0.3) is 0 Å². The van der Waals surface area contributed by atoms with Gasteiger partial charge in [0.1, 0.15) is 12.4 Å². The van der Waals surface area contributed by atoms with Crippen LogP contribution in [-0.4, -0.2) is 42.9 Å². The number of aryl methyl sites for hydroxylation is 1. The van der Waals surface area contributed by atoms with Crippen molar-refractivity contribution in [3.8, 4) is 5.75 Å². The van der Waals surface area contributed by atoms with E-state index in [2.05, 4.69) is 24.8 Å². The Labute approximate surface area is 104 Å². The standard InChI is InChI=1S/C14H23NO2/c1-3-15(8-5-10-16)9-11-17-14-7-4-6-13(2)12-14/h4,6-7,12,16H,3,5,8-11H2,1-2H3. The number of aliphatic hydroxyl groups is 1. The summed E-state index contributed by atoms with van der Waals surface area (Å²) in [5.41, 5.74) is 1.22. The zero-order valence-electron chi connectivity index (χ0n) is 10.9. The van der Waals surface area contributed by atoms with E-state index in [1.165, 1.54) is 5.56 Å². The Morgan fingerprint density at radius 1 is 1.29 bits per heavy atom. The van der Waals surface area contributed by atoms with Crippen molar-refractivity contribution in [2.75, 3.05) is 32.8 Å². The molecule has 3 nitrogen and oxygen atoms in total. The quantitative estimate of drug-likeness (QED) is 0.751. The van der Waals surface area contributed by atoms with Crippen molar-refractivity contribution in [1.29, 1.82) is 0 Å². The van der Waals surface area contributed by atoms with Gasteiger partial charge in [-0.1, -0.05) is 19.1 Å². The fourth-order valence-electron chi connectivity index (χ4n) is 1.72. The molecule has 0 aliphatic heterocycles. The molecule has 0 radical (unpaired) electrons. The first kappa shape index (κ1) is 14.0. The van der Waals surface area contributed by atoms with Crippen LogP contribution in [0.4, 0.5) is 0 Å². The monoisotopic (exact) mass is 237 g/mol. The highest BCUT2D eigenvalue weighted by Crippen LogP contribution is 2.12. The van der Waals surface area contributed by atoms with Crippen molar-refractivity contribution in [2.45, 2.75) is 20.3 Å². The van der Waals surface area contributed by atoms with Gasteiger partial charge in [-0.15, -0.1) is 0 Å². The summed E-state index contributed by atoms with van der Waals surface area (Å²) in [6, 6.07) is 8.10. The minimum absolute atomic E-state index is 0.259. The fraction of sp³-hybridized carbons (Fsp3) is 0.571. The fourth-order valence-corrected chi connectivity index (χ4v) is 1.72. The van der Waals surface area contributed by atoms with E-state index in [1.54, 1.807) is 0 Å². The molecule has 0 aliphatic rings. The highest BCUT2D eigenvalue weighted by molar-refractivity contribution is 5.27. The lowest BCUT2D eigenvalue weighted by atomic mass is 10.2. The molecular formula is C14H23NO2. The molecule has 0 aromatic heterocycles. The lowest BCUT2D eigenvalue weighted by Crippen LogP contribution is -2.29. The number of ether oxygens (including phenoxy) is 1. The summed E-state index contributed by atoms with van der Waals surface area (Å²) in [6.07, 6.45) is 0.832. The van der Waals surface area contributed by atoms with Crippen LogP contribution in [0.1, 0.15) is 18.9 Å². The van der Waals surface area contributed by atoms with Gasteiger partial charge < -0.3 is 14.7 Å². The molecule has 1 rings (SSSR count). The van der Waals surface area contributed by atoms with Crippen LogP contribution in [0.5, 0.6) is 5.75 Å². The summed E-state index contributed by atoms with van der Waals surface area (Å²) in [7, 11) is 0. The molecule has 0 heterocycles.